The fraction of sp³-hybridized carbons (Fsp3) is 0.464. The zero-order valence-corrected chi connectivity index (χ0v) is 22.5. The molecule has 37 heavy (non-hydrogen) atoms. The summed E-state index contributed by atoms with van der Waals surface area (Å²) in [6.07, 6.45) is 2.52. The minimum absolute atomic E-state index is 0.102. The molecule has 0 bridgehead atoms. The predicted molar refractivity (Wildman–Crippen MR) is 139 cm³/mol. The Morgan fingerprint density at radius 3 is 2.46 bits per heavy atom. The molecule has 2 heterocycles. The Hall–Kier alpha value is -2.91. The highest BCUT2D eigenvalue weighted by molar-refractivity contribution is 7.89. The van der Waals surface area contributed by atoms with Gasteiger partial charge in [-0.05, 0) is 66.1 Å². The smallest absolute Gasteiger partial charge is 0.241 e. The first-order chi connectivity index (χ1) is 17.5. The molecule has 2 atom stereocenters. The molecule has 198 valence electrons. The van der Waals surface area contributed by atoms with Gasteiger partial charge < -0.3 is 14.4 Å². The lowest BCUT2D eigenvalue weighted by Crippen LogP contribution is -2.45. The Balaban J connectivity index is 1.44. The topological polar surface area (TPSA) is 84.9 Å². The van der Waals surface area contributed by atoms with E-state index in [0.29, 0.717) is 18.9 Å². The molecular weight excluding hydrogens is 495 g/mol. The Kier molecular flexibility index (Phi) is 6.56. The zero-order valence-electron chi connectivity index (χ0n) is 21.6. The van der Waals surface area contributed by atoms with Gasteiger partial charge in [0.25, 0.3) is 0 Å². The lowest BCUT2D eigenvalue weighted by molar-refractivity contribution is -0.126. The highest BCUT2D eigenvalue weighted by Gasteiger charge is 2.65. The van der Waals surface area contributed by atoms with E-state index in [9.17, 15) is 17.6 Å². The van der Waals surface area contributed by atoms with Crippen LogP contribution in [0.3, 0.4) is 0 Å². The molecule has 2 aromatic carbocycles. The van der Waals surface area contributed by atoms with Crippen molar-refractivity contribution in [2.75, 3.05) is 33.0 Å². The van der Waals surface area contributed by atoms with E-state index < -0.39 is 21.3 Å². The molecule has 9 heteroatoms. The molecule has 0 radical (unpaired) electrons. The lowest BCUT2D eigenvalue weighted by atomic mass is 9.86. The maximum absolute atomic E-state index is 14.4. The molecule has 0 aromatic heterocycles. The number of halogens is 1. The van der Waals surface area contributed by atoms with Crippen molar-refractivity contribution < 1.29 is 27.1 Å². The number of hydrogen-bond acceptors (Lipinski definition) is 6. The van der Waals surface area contributed by atoms with Gasteiger partial charge in [0.1, 0.15) is 23.9 Å². The highest BCUT2D eigenvalue weighted by atomic mass is 32.2. The summed E-state index contributed by atoms with van der Waals surface area (Å²) in [6, 6.07) is 10.5. The number of carbonyl (C=O) groups is 1. The standard InChI is InChI=1S/C28H33FN2O5S/c1-17-18(2)28(17,27(32)30-37(4,33)34)16-31-11-9-19(10-12-31)26-23-7-6-22(35-3)13-20(23)15-36-25-8-5-21(29)14-24(25)26/h5-8,13-14,17-18H,9-12,15-16H2,1-4H3,(H,30,32). The molecule has 1 N–H and O–H groups in total. The van der Waals surface area contributed by atoms with E-state index in [-0.39, 0.29) is 17.7 Å². The van der Waals surface area contributed by atoms with Crippen LogP contribution in [-0.4, -0.2) is 52.2 Å². The van der Waals surface area contributed by atoms with Crippen LogP contribution in [0.2, 0.25) is 0 Å². The largest absolute Gasteiger partial charge is 0.497 e. The van der Waals surface area contributed by atoms with Crippen LogP contribution in [0.5, 0.6) is 11.5 Å². The van der Waals surface area contributed by atoms with Crippen LogP contribution in [0.4, 0.5) is 4.39 Å². The number of amides is 1. The molecule has 1 amide bonds. The number of benzene rings is 2. The molecule has 1 aliphatic carbocycles. The number of piperidine rings is 1. The monoisotopic (exact) mass is 528 g/mol. The van der Waals surface area contributed by atoms with E-state index in [1.807, 2.05) is 32.0 Å². The van der Waals surface area contributed by atoms with Gasteiger partial charge in [0.05, 0.1) is 18.8 Å². The molecule has 7 nitrogen and oxygen atoms in total. The number of nitrogens with one attached hydrogen (secondary N) is 1. The summed E-state index contributed by atoms with van der Waals surface area (Å²) in [4.78, 5) is 15.2. The van der Waals surface area contributed by atoms with Crippen LogP contribution in [0, 0.1) is 23.1 Å². The molecule has 5 rings (SSSR count). The first-order valence-electron chi connectivity index (χ1n) is 12.6. The van der Waals surface area contributed by atoms with Crippen molar-refractivity contribution in [1.29, 1.82) is 0 Å². The van der Waals surface area contributed by atoms with Crippen LogP contribution < -0.4 is 14.2 Å². The van der Waals surface area contributed by atoms with Gasteiger partial charge in [-0.25, -0.2) is 12.8 Å². The van der Waals surface area contributed by atoms with Gasteiger partial charge in [0.2, 0.25) is 15.9 Å². The fourth-order valence-electron chi connectivity index (χ4n) is 6.07. The Labute approximate surface area is 217 Å². The maximum atomic E-state index is 14.4. The van der Waals surface area contributed by atoms with Crippen LogP contribution in [-0.2, 0) is 21.4 Å². The highest BCUT2D eigenvalue weighted by Crippen LogP contribution is 2.59. The number of likely N-dealkylation sites (tertiary alicyclic amines) is 1. The Morgan fingerprint density at radius 2 is 1.84 bits per heavy atom. The minimum atomic E-state index is -3.62. The number of rotatable bonds is 5. The van der Waals surface area contributed by atoms with Crippen molar-refractivity contribution in [1.82, 2.24) is 9.62 Å². The molecular formula is C28H33FN2O5S. The third-order valence-electron chi connectivity index (χ3n) is 8.44. The first-order valence-corrected chi connectivity index (χ1v) is 14.5. The fourth-order valence-corrected chi connectivity index (χ4v) is 6.59. The van der Waals surface area contributed by atoms with Crippen LogP contribution in [0.25, 0.3) is 5.57 Å². The van der Waals surface area contributed by atoms with Crippen molar-refractivity contribution in [3.05, 3.63) is 64.5 Å². The van der Waals surface area contributed by atoms with E-state index in [1.54, 1.807) is 19.2 Å². The lowest BCUT2D eigenvalue weighted by Gasteiger charge is -2.33. The number of fused-ring (bicyclic) bond motifs is 2. The number of ether oxygens (including phenoxy) is 2. The molecule has 2 fully saturated rings. The molecule has 2 unspecified atom stereocenters. The minimum Gasteiger partial charge on any atom is -0.497 e. The second kappa shape index (κ2) is 9.44. The molecule has 0 spiro atoms. The Bertz CT molecular complexity index is 1370. The molecule has 3 aliphatic rings. The van der Waals surface area contributed by atoms with Gasteiger partial charge in [-0.15, -0.1) is 0 Å². The number of hydrogen-bond donors (Lipinski definition) is 1. The van der Waals surface area contributed by atoms with Gasteiger partial charge in [-0.1, -0.05) is 25.5 Å². The van der Waals surface area contributed by atoms with E-state index in [4.69, 9.17) is 9.47 Å². The summed E-state index contributed by atoms with van der Waals surface area (Å²) in [5.41, 5.74) is 4.26. The van der Waals surface area contributed by atoms with Crippen molar-refractivity contribution >= 4 is 21.5 Å². The van der Waals surface area contributed by atoms with Crippen molar-refractivity contribution in [3.8, 4) is 11.5 Å². The maximum Gasteiger partial charge on any atom is 0.241 e. The van der Waals surface area contributed by atoms with E-state index in [2.05, 4.69) is 9.62 Å². The van der Waals surface area contributed by atoms with Gasteiger partial charge >= 0.3 is 0 Å². The SMILES string of the molecule is COc1ccc2c(c1)COc1ccc(F)cc1C2=C1CCN(CC2(C(=O)NS(C)(=O)=O)C(C)C2C)CC1. The van der Waals surface area contributed by atoms with Gasteiger partial charge in [0.15, 0.2) is 0 Å². The summed E-state index contributed by atoms with van der Waals surface area (Å²) >= 11 is 0. The van der Waals surface area contributed by atoms with Crippen LogP contribution in [0.1, 0.15) is 43.4 Å². The van der Waals surface area contributed by atoms with Crippen molar-refractivity contribution in [2.24, 2.45) is 17.3 Å². The zero-order chi connectivity index (χ0) is 26.5. The van der Waals surface area contributed by atoms with Crippen molar-refractivity contribution in [3.63, 3.8) is 0 Å². The number of carbonyl (C=O) groups excluding carboxylic acids is 1. The third kappa shape index (κ3) is 4.75. The summed E-state index contributed by atoms with van der Waals surface area (Å²) < 4.78 is 51.6. The predicted octanol–water partition coefficient (Wildman–Crippen LogP) is 3.97. The summed E-state index contributed by atoms with van der Waals surface area (Å²) in [6.45, 7) is 6.34. The summed E-state index contributed by atoms with van der Waals surface area (Å²) in [7, 11) is -2.00. The van der Waals surface area contributed by atoms with Gasteiger partial charge in [-0.2, -0.15) is 0 Å². The van der Waals surface area contributed by atoms with E-state index in [1.165, 1.54) is 11.6 Å². The van der Waals surface area contributed by atoms with Gasteiger partial charge in [0, 0.05) is 30.8 Å². The summed E-state index contributed by atoms with van der Waals surface area (Å²) in [5, 5.41) is 0. The second-order valence-electron chi connectivity index (χ2n) is 10.5. The second-order valence-corrected chi connectivity index (χ2v) is 12.3. The van der Waals surface area contributed by atoms with Gasteiger partial charge in [-0.3, -0.25) is 9.52 Å². The number of sulfonamides is 1. The van der Waals surface area contributed by atoms with E-state index >= 15 is 0 Å². The number of methoxy groups -OCH3 is 1. The summed E-state index contributed by atoms with van der Waals surface area (Å²) in [5.74, 6) is 0.870. The van der Waals surface area contributed by atoms with E-state index in [0.717, 1.165) is 60.2 Å². The molecule has 2 aliphatic heterocycles. The average Bonchev–Trinajstić information content (AvgIpc) is 3.43. The average molecular weight is 529 g/mol. The quantitative estimate of drug-likeness (QED) is 0.632. The molecule has 1 saturated carbocycles. The third-order valence-corrected chi connectivity index (χ3v) is 9.00. The normalized spacial score (nSPS) is 25.4. The Morgan fingerprint density at radius 1 is 1.14 bits per heavy atom. The van der Waals surface area contributed by atoms with Crippen LogP contribution >= 0.6 is 0 Å². The molecule has 2 aromatic rings. The van der Waals surface area contributed by atoms with Crippen LogP contribution in [0.15, 0.2) is 42.0 Å². The number of nitrogens with zero attached hydrogens (tertiary/aromatic N) is 1. The van der Waals surface area contributed by atoms with Crippen molar-refractivity contribution in [2.45, 2.75) is 33.3 Å². The molecule has 1 saturated heterocycles. The first kappa shape index (κ1) is 25.7.